The van der Waals surface area contributed by atoms with E-state index >= 15 is 0 Å². The first-order valence-electron chi connectivity index (χ1n) is 9.95. The van der Waals surface area contributed by atoms with Crippen molar-refractivity contribution in [1.82, 2.24) is 4.98 Å². The summed E-state index contributed by atoms with van der Waals surface area (Å²) in [6.07, 6.45) is 0. The van der Waals surface area contributed by atoms with Crippen molar-refractivity contribution in [3.63, 3.8) is 0 Å². The number of sulfonamides is 1. The number of benzene rings is 3. The summed E-state index contributed by atoms with van der Waals surface area (Å²) in [5.74, 6) is 1.07. The molecule has 10 nitrogen and oxygen atoms in total. The number of halogens is 1. The Kier molecular flexibility index (Phi) is 6.50. The molecule has 0 aliphatic carbocycles. The minimum atomic E-state index is -3.87. The molecular weight excluding hydrogens is 496 g/mol. The number of aromatic nitrogens is 1. The van der Waals surface area contributed by atoms with Crippen molar-refractivity contribution in [3.8, 4) is 39.8 Å². The fourth-order valence-electron chi connectivity index (χ4n) is 3.32. The number of methoxy groups -OCH3 is 1. The number of nitrogens with two attached hydrogens (primary N) is 2. The molecule has 35 heavy (non-hydrogen) atoms. The van der Waals surface area contributed by atoms with E-state index in [1.807, 2.05) is 0 Å². The Labute approximate surface area is 205 Å². The van der Waals surface area contributed by atoms with Gasteiger partial charge >= 0.3 is 6.03 Å². The van der Waals surface area contributed by atoms with Gasteiger partial charge in [0.05, 0.1) is 22.7 Å². The van der Waals surface area contributed by atoms with Crippen molar-refractivity contribution >= 4 is 33.3 Å². The van der Waals surface area contributed by atoms with E-state index in [0.29, 0.717) is 44.0 Å². The Morgan fingerprint density at radius 3 is 2.17 bits per heavy atom. The molecule has 4 rings (SSSR count). The van der Waals surface area contributed by atoms with E-state index in [0.717, 1.165) is 0 Å². The molecule has 1 aromatic heterocycles. The van der Waals surface area contributed by atoms with Crippen LogP contribution in [0.1, 0.15) is 0 Å². The largest absolute Gasteiger partial charge is 0.495 e. The number of ether oxygens (including phenoxy) is 1. The number of oxazole rings is 1. The number of primary amides is 1. The van der Waals surface area contributed by atoms with Gasteiger partial charge in [-0.25, -0.2) is 23.3 Å². The molecule has 4 aromatic rings. The van der Waals surface area contributed by atoms with Crippen LogP contribution in [0.4, 0.5) is 10.5 Å². The molecule has 0 atom stereocenters. The summed E-state index contributed by atoms with van der Waals surface area (Å²) >= 11 is 6.32. The highest BCUT2D eigenvalue weighted by molar-refractivity contribution is 7.89. The number of urea groups is 1. The second kappa shape index (κ2) is 9.39. The standard InChI is InChI=1S/C23H19ClN4O6S/c1-33-19-11-6-15(12-18(19)24)20-21(13-4-9-17(10-5-13)35(26,31)32)34-22(27-20)14-2-7-16(8-3-14)28(30)23(25)29/h2-12,30H,1H3,(H2,25,29)(H2,26,31,32). The first-order chi connectivity index (χ1) is 16.6. The predicted molar refractivity (Wildman–Crippen MR) is 130 cm³/mol. The van der Waals surface area contributed by atoms with E-state index < -0.39 is 16.1 Å². The van der Waals surface area contributed by atoms with Gasteiger partial charge in [0.15, 0.2) is 5.76 Å². The maximum absolute atomic E-state index is 11.6. The average Bonchev–Trinajstić information content (AvgIpc) is 3.28. The zero-order chi connectivity index (χ0) is 25.3. The SMILES string of the molecule is COc1ccc(-c2nc(-c3ccc(N(O)C(N)=O)cc3)oc2-c2ccc(S(N)(=O)=O)cc2)cc1Cl. The molecule has 12 heteroatoms. The van der Waals surface area contributed by atoms with E-state index in [2.05, 4.69) is 4.98 Å². The lowest BCUT2D eigenvalue weighted by atomic mass is 10.1. The van der Waals surface area contributed by atoms with Crippen LogP contribution in [-0.4, -0.2) is 31.7 Å². The van der Waals surface area contributed by atoms with Crippen LogP contribution >= 0.6 is 11.6 Å². The van der Waals surface area contributed by atoms with Crippen LogP contribution in [-0.2, 0) is 10.0 Å². The number of carbonyl (C=O) groups excluding carboxylic acids is 1. The number of rotatable bonds is 6. The molecule has 2 amide bonds. The van der Waals surface area contributed by atoms with Crippen LogP contribution in [0.3, 0.4) is 0 Å². The molecule has 0 radical (unpaired) electrons. The molecule has 5 N–H and O–H groups in total. The van der Waals surface area contributed by atoms with Crippen molar-refractivity contribution in [1.29, 1.82) is 0 Å². The maximum Gasteiger partial charge on any atom is 0.343 e. The Morgan fingerprint density at radius 2 is 1.63 bits per heavy atom. The molecule has 0 bridgehead atoms. The average molecular weight is 515 g/mol. The molecule has 0 saturated heterocycles. The molecule has 3 aromatic carbocycles. The van der Waals surface area contributed by atoms with Crippen molar-refractivity contribution in [2.75, 3.05) is 12.2 Å². The first kappa shape index (κ1) is 24.2. The summed E-state index contributed by atoms with van der Waals surface area (Å²) in [5.41, 5.74) is 7.40. The van der Waals surface area contributed by atoms with Crippen LogP contribution in [0, 0.1) is 0 Å². The van der Waals surface area contributed by atoms with Crippen LogP contribution in [0.15, 0.2) is 76.0 Å². The molecule has 0 aliphatic rings. The van der Waals surface area contributed by atoms with Crippen molar-refractivity contribution in [3.05, 3.63) is 71.8 Å². The third kappa shape index (κ3) is 4.98. The second-order valence-corrected chi connectivity index (χ2v) is 9.28. The number of amides is 2. The van der Waals surface area contributed by atoms with Crippen molar-refractivity contribution in [2.45, 2.75) is 4.90 Å². The molecule has 0 aliphatic heterocycles. The fraction of sp³-hybridized carbons (Fsp3) is 0.0435. The summed E-state index contributed by atoms with van der Waals surface area (Å²) in [5, 5.41) is 15.6. The van der Waals surface area contributed by atoms with Gasteiger partial charge in [-0.1, -0.05) is 11.6 Å². The van der Waals surface area contributed by atoms with Crippen molar-refractivity contribution < 1.29 is 27.6 Å². The zero-order valence-electron chi connectivity index (χ0n) is 18.2. The summed E-state index contributed by atoms with van der Waals surface area (Å²) in [7, 11) is -2.36. The number of primary sulfonamides is 1. The lowest BCUT2D eigenvalue weighted by Crippen LogP contribution is -2.32. The molecular formula is C23H19ClN4O6S. The van der Waals surface area contributed by atoms with Gasteiger partial charge in [0.2, 0.25) is 15.9 Å². The van der Waals surface area contributed by atoms with Gasteiger partial charge in [-0.05, 0) is 66.7 Å². The third-order valence-corrected chi connectivity index (χ3v) is 6.29. The number of hydrogen-bond donors (Lipinski definition) is 3. The van der Waals surface area contributed by atoms with Crippen molar-refractivity contribution in [2.24, 2.45) is 10.9 Å². The van der Waals surface area contributed by atoms with Gasteiger partial charge < -0.3 is 14.9 Å². The number of carbonyl (C=O) groups is 1. The summed E-state index contributed by atoms with van der Waals surface area (Å²) < 4.78 is 34.6. The minimum Gasteiger partial charge on any atom is -0.495 e. The lowest BCUT2D eigenvalue weighted by Gasteiger charge is -2.11. The highest BCUT2D eigenvalue weighted by Crippen LogP contribution is 2.39. The van der Waals surface area contributed by atoms with Gasteiger partial charge in [0.25, 0.3) is 0 Å². The number of anilines is 1. The third-order valence-electron chi connectivity index (χ3n) is 5.07. The van der Waals surface area contributed by atoms with Gasteiger partial charge in [-0.15, -0.1) is 0 Å². The Hall–Kier alpha value is -3.90. The Bertz CT molecular complexity index is 1500. The monoisotopic (exact) mass is 514 g/mol. The van der Waals surface area contributed by atoms with Crippen LogP contribution in [0.25, 0.3) is 34.0 Å². The predicted octanol–water partition coefficient (Wildman–Crippen LogP) is 4.26. The van der Waals surface area contributed by atoms with Gasteiger partial charge in [0, 0.05) is 16.7 Å². The molecule has 0 saturated carbocycles. The highest BCUT2D eigenvalue weighted by Gasteiger charge is 2.20. The van der Waals surface area contributed by atoms with Crippen LogP contribution < -0.4 is 20.7 Å². The topological polar surface area (TPSA) is 162 Å². The second-order valence-electron chi connectivity index (χ2n) is 7.31. The van der Waals surface area contributed by atoms with E-state index in [-0.39, 0.29) is 16.5 Å². The van der Waals surface area contributed by atoms with Gasteiger partial charge in [0.1, 0.15) is 11.4 Å². The molecule has 0 spiro atoms. The first-order valence-corrected chi connectivity index (χ1v) is 11.9. The fourth-order valence-corrected chi connectivity index (χ4v) is 4.09. The van der Waals surface area contributed by atoms with Crippen LogP contribution in [0.2, 0.25) is 5.02 Å². The van der Waals surface area contributed by atoms with E-state index in [1.54, 1.807) is 42.5 Å². The minimum absolute atomic E-state index is 0.0476. The zero-order valence-corrected chi connectivity index (χ0v) is 19.7. The van der Waals surface area contributed by atoms with Gasteiger partial charge in [-0.3, -0.25) is 5.21 Å². The molecule has 0 unspecified atom stereocenters. The lowest BCUT2D eigenvalue weighted by molar-refractivity contribution is 0.212. The highest BCUT2D eigenvalue weighted by atomic mass is 35.5. The van der Waals surface area contributed by atoms with Crippen LogP contribution in [0.5, 0.6) is 5.75 Å². The summed E-state index contributed by atoms with van der Waals surface area (Å²) in [6, 6.07) is 16.0. The molecule has 180 valence electrons. The number of hydroxylamine groups is 1. The number of hydrogen-bond acceptors (Lipinski definition) is 7. The van der Waals surface area contributed by atoms with Gasteiger partial charge in [-0.2, -0.15) is 5.06 Å². The van der Waals surface area contributed by atoms with E-state index in [9.17, 15) is 18.4 Å². The van der Waals surface area contributed by atoms with E-state index in [1.165, 1.54) is 31.4 Å². The Balaban J connectivity index is 1.83. The molecule has 0 fully saturated rings. The van der Waals surface area contributed by atoms with E-state index in [4.69, 9.17) is 31.6 Å². The summed E-state index contributed by atoms with van der Waals surface area (Å²) in [4.78, 5) is 15.8. The molecule has 1 heterocycles. The summed E-state index contributed by atoms with van der Waals surface area (Å²) in [6.45, 7) is 0. The normalized spacial score (nSPS) is 11.3. The smallest absolute Gasteiger partial charge is 0.343 e. The quantitative estimate of drug-likeness (QED) is 0.255. The Morgan fingerprint density at radius 1 is 1.03 bits per heavy atom. The maximum atomic E-state index is 11.6. The number of nitrogens with zero attached hydrogens (tertiary/aromatic N) is 2.